The number of hydrogen-bond acceptors (Lipinski definition) is 5. The van der Waals surface area contributed by atoms with E-state index in [1.54, 1.807) is 30.3 Å². The fourth-order valence-corrected chi connectivity index (χ4v) is 2.57. The van der Waals surface area contributed by atoms with Gasteiger partial charge in [-0.15, -0.1) is 9.69 Å². The average molecular weight is 336 g/mol. The Kier molecular flexibility index (Phi) is 3.13. The number of benzene rings is 2. The van der Waals surface area contributed by atoms with Crippen LogP contribution >= 0.6 is 0 Å². The van der Waals surface area contributed by atoms with Crippen molar-refractivity contribution in [3.63, 3.8) is 0 Å². The first-order chi connectivity index (χ1) is 12.7. The fourth-order valence-electron chi connectivity index (χ4n) is 2.57. The Morgan fingerprint density at radius 1 is 0.962 bits per heavy atom. The molecule has 0 aliphatic heterocycles. The maximum absolute atomic E-state index is 8.99. The third-order valence-corrected chi connectivity index (χ3v) is 3.70. The lowest BCUT2D eigenvalue weighted by Crippen LogP contribution is -2.02. The number of aromatic nitrogens is 2. The molecule has 4 aromatic rings. The monoisotopic (exact) mass is 336 g/mol. The van der Waals surface area contributed by atoms with Crippen LogP contribution in [0.25, 0.3) is 59.0 Å². The summed E-state index contributed by atoms with van der Waals surface area (Å²) in [4.78, 5) is 17.7. The van der Waals surface area contributed by atoms with Crippen molar-refractivity contribution in [1.29, 1.82) is 5.26 Å². The van der Waals surface area contributed by atoms with Crippen molar-refractivity contribution in [3.05, 3.63) is 69.6 Å². The molecule has 0 radical (unpaired) electrons. The summed E-state index contributed by atoms with van der Waals surface area (Å²) in [7, 11) is 0. The van der Waals surface area contributed by atoms with Crippen molar-refractivity contribution in [2.75, 3.05) is 0 Å². The van der Waals surface area contributed by atoms with E-state index < -0.39 is 0 Å². The van der Waals surface area contributed by atoms with Crippen molar-refractivity contribution in [2.24, 2.45) is 0 Å². The molecule has 0 atom stereocenters. The van der Waals surface area contributed by atoms with Crippen LogP contribution in [0.15, 0.2) is 33.1 Å². The molecule has 2 aromatic heterocycles. The summed E-state index contributed by atoms with van der Waals surface area (Å²) in [6.45, 7) is 21.0. The molecule has 0 amide bonds. The number of fused-ring (bicyclic) bond motifs is 4. The van der Waals surface area contributed by atoms with Crippen LogP contribution in [-0.4, -0.2) is 9.97 Å². The molecular weight excluding hydrogens is 332 g/mol. The molecule has 2 aromatic carbocycles. The minimum absolute atomic E-state index is 0.0390. The molecule has 0 saturated heterocycles. The molecule has 0 bridgehead atoms. The zero-order valence-corrected chi connectivity index (χ0v) is 12.8. The van der Waals surface area contributed by atoms with Gasteiger partial charge in [0.2, 0.25) is 5.55 Å². The van der Waals surface area contributed by atoms with Gasteiger partial charge in [0.15, 0.2) is 11.2 Å². The van der Waals surface area contributed by atoms with Crippen LogP contribution in [-0.2, 0) is 0 Å². The molecule has 0 unspecified atom stereocenters. The number of hydrogen-bond donors (Lipinski definition) is 0. The Bertz CT molecular complexity index is 1490. The Hall–Kier alpha value is -4.66. The third kappa shape index (κ3) is 2.05. The highest BCUT2D eigenvalue weighted by Gasteiger charge is 2.15. The van der Waals surface area contributed by atoms with E-state index in [-0.39, 0.29) is 22.6 Å². The zero-order valence-electron chi connectivity index (χ0n) is 12.8. The molecule has 2 heterocycles. The topological polar surface area (TPSA) is 88.9 Å². The van der Waals surface area contributed by atoms with Crippen molar-refractivity contribution in [1.82, 2.24) is 9.97 Å². The fraction of sp³-hybridized carbons (Fsp3) is 0. The van der Waals surface area contributed by atoms with Crippen LogP contribution in [0, 0.1) is 31.0 Å². The first-order valence-electron chi connectivity index (χ1n) is 7.09. The molecule has 0 spiro atoms. The predicted molar refractivity (Wildman–Crippen MR) is 90.6 cm³/mol. The third-order valence-electron chi connectivity index (χ3n) is 3.70. The summed E-state index contributed by atoms with van der Waals surface area (Å²) in [5, 5.41) is 10.4. The Balaban J connectivity index is 2.14. The second-order valence-electron chi connectivity index (χ2n) is 5.11. The molecule has 0 aliphatic carbocycles. The normalized spacial score (nSPS) is 11.5. The van der Waals surface area contributed by atoms with Crippen molar-refractivity contribution in [3.8, 4) is 6.07 Å². The summed E-state index contributed by atoms with van der Waals surface area (Å²) in [6, 6.07) is 8.69. The molecule has 4 rings (SSSR count). The molecule has 8 nitrogen and oxygen atoms in total. The number of rotatable bonds is 0. The van der Waals surface area contributed by atoms with Crippen molar-refractivity contribution in [2.45, 2.75) is 0 Å². The van der Waals surface area contributed by atoms with Gasteiger partial charge in [-0.05, 0) is 23.6 Å². The molecule has 8 heteroatoms. The lowest BCUT2D eigenvalue weighted by atomic mass is 10.1. The number of nitriles is 1. The van der Waals surface area contributed by atoms with E-state index >= 15 is 0 Å². The largest absolute Gasteiger partial charge is 0.582 e. The van der Waals surface area contributed by atoms with Gasteiger partial charge < -0.3 is 8.83 Å². The quantitative estimate of drug-likeness (QED) is 0.461. The maximum atomic E-state index is 8.99. The highest BCUT2D eigenvalue weighted by atomic mass is 16.3. The molecule has 0 saturated carbocycles. The molecule has 0 fully saturated rings. The van der Waals surface area contributed by atoms with Crippen LogP contribution < -0.4 is 11.1 Å². The SMILES string of the molecule is [C-]#[N+]C([N+]#[C-])=c1nc2cc3ccc4n/c(=C(\C#N)[N+]#[C-])oc4c3cc2o1. The minimum Gasteiger partial charge on any atom is -0.445 e. The van der Waals surface area contributed by atoms with Gasteiger partial charge in [0.05, 0.1) is 12.6 Å². The standard InChI is InChI=1S/C18H4N6O2/c1-20-13(8-19)17-23-11-5-4-9-6-12-14(7-10(9)15(11)26-17)25-18(24-12)16(21-2)22-3/h4-7H/b17-13-. The molecule has 0 N–H and O–H groups in total. The van der Waals surface area contributed by atoms with E-state index in [1.807, 2.05) is 0 Å². The van der Waals surface area contributed by atoms with Gasteiger partial charge in [-0.2, -0.15) is 0 Å². The Morgan fingerprint density at radius 2 is 1.73 bits per heavy atom. The Labute approximate surface area is 145 Å². The minimum atomic E-state index is -0.248. The second-order valence-corrected chi connectivity index (χ2v) is 5.11. The first kappa shape index (κ1) is 14.9. The highest BCUT2D eigenvalue weighted by molar-refractivity contribution is 6.07. The van der Waals surface area contributed by atoms with E-state index in [0.29, 0.717) is 27.6 Å². The zero-order chi connectivity index (χ0) is 18.3. The van der Waals surface area contributed by atoms with E-state index in [1.165, 1.54) is 0 Å². The molecule has 0 aliphatic rings. The smallest absolute Gasteiger partial charge is 0.445 e. The van der Waals surface area contributed by atoms with Gasteiger partial charge in [-0.25, -0.2) is 20.1 Å². The summed E-state index contributed by atoms with van der Waals surface area (Å²) in [5.74, 6) is -0.248. The van der Waals surface area contributed by atoms with E-state index in [4.69, 9.17) is 33.8 Å². The van der Waals surface area contributed by atoms with Crippen molar-refractivity contribution < 1.29 is 8.83 Å². The number of oxazole rings is 2. The van der Waals surface area contributed by atoms with Gasteiger partial charge in [0, 0.05) is 5.39 Å². The summed E-state index contributed by atoms with van der Waals surface area (Å²) in [5.41, 5.74) is 1.48. The van der Waals surface area contributed by atoms with Crippen LogP contribution in [0.5, 0.6) is 0 Å². The van der Waals surface area contributed by atoms with Crippen LogP contribution in [0.3, 0.4) is 0 Å². The van der Waals surface area contributed by atoms with Crippen molar-refractivity contribution >= 4 is 44.5 Å². The molecule has 118 valence electrons. The molecule has 26 heavy (non-hydrogen) atoms. The lowest BCUT2D eigenvalue weighted by Gasteiger charge is -1.97. The summed E-state index contributed by atoms with van der Waals surface area (Å²) >= 11 is 0. The van der Waals surface area contributed by atoms with E-state index in [2.05, 4.69) is 24.5 Å². The van der Waals surface area contributed by atoms with Gasteiger partial charge in [0.25, 0.3) is 0 Å². The van der Waals surface area contributed by atoms with E-state index in [9.17, 15) is 0 Å². The van der Waals surface area contributed by atoms with E-state index in [0.717, 1.165) is 5.39 Å². The van der Waals surface area contributed by atoms with Gasteiger partial charge in [0.1, 0.15) is 24.2 Å². The second kappa shape index (κ2) is 5.46. The van der Waals surface area contributed by atoms with Crippen LogP contribution in [0.2, 0.25) is 0 Å². The first-order valence-corrected chi connectivity index (χ1v) is 7.09. The highest BCUT2D eigenvalue weighted by Crippen LogP contribution is 2.27. The van der Waals surface area contributed by atoms with Crippen LogP contribution in [0.1, 0.15) is 0 Å². The summed E-state index contributed by atoms with van der Waals surface area (Å²) in [6.07, 6.45) is 0. The maximum Gasteiger partial charge on any atom is 0.582 e. The predicted octanol–water partition coefficient (Wildman–Crippen LogP) is 2.58. The summed E-state index contributed by atoms with van der Waals surface area (Å²) < 4.78 is 11.1. The molecular formula is C18H4N6O2. The lowest BCUT2D eigenvalue weighted by molar-refractivity contribution is 0.557. The Morgan fingerprint density at radius 3 is 2.42 bits per heavy atom. The van der Waals surface area contributed by atoms with Gasteiger partial charge in [-0.3, -0.25) is 0 Å². The average Bonchev–Trinajstić information content (AvgIpc) is 3.25. The number of nitrogens with zero attached hydrogens (tertiary/aromatic N) is 6. The van der Waals surface area contributed by atoms with Crippen LogP contribution in [0.4, 0.5) is 0 Å². The van der Waals surface area contributed by atoms with Gasteiger partial charge >= 0.3 is 17.1 Å². The van der Waals surface area contributed by atoms with Gasteiger partial charge in [-0.1, -0.05) is 6.07 Å².